The standard InChI is InChI=1S/C17H17N5O3S2/c1-9-11(12(23)10-7-5-4-6-8-10)22-14(24)13(25-3)15(22)26-16(9)27-17-18-19-20-21(17)2/h4-8,13,15-16H,1-3H3/t13-,15+,16?/m0/s1. The number of hydrogen-bond donors (Lipinski definition) is 0. The van der Waals surface area contributed by atoms with Crippen molar-refractivity contribution < 1.29 is 14.3 Å². The van der Waals surface area contributed by atoms with Crippen molar-refractivity contribution in [2.45, 2.75) is 28.1 Å². The number of nitrogens with zero attached hydrogens (tertiary/aromatic N) is 5. The second-order valence-electron chi connectivity index (χ2n) is 6.15. The van der Waals surface area contributed by atoms with Crippen LogP contribution in [0.3, 0.4) is 0 Å². The molecule has 0 N–H and O–H groups in total. The van der Waals surface area contributed by atoms with E-state index in [0.717, 1.165) is 5.57 Å². The molecule has 4 rings (SSSR count). The van der Waals surface area contributed by atoms with Crippen molar-refractivity contribution in [2.24, 2.45) is 7.05 Å². The van der Waals surface area contributed by atoms with Gasteiger partial charge in [-0.25, -0.2) is 4.68 Å². The summed E-state index contributed by atoms with van der Waals surface area (Å²) in [4.78, 5) is 27.3. The van der Waals surface area contributed by atoms with Gasteiger partial charge in [0.25, 0.3) is 5.91 Å². The van der Waals surface area contributed by atoms with Crippen LogP contribution in [0, 0.1) is 0 Å². The van der Waals surface area contributed by atoms with E-state index in [1.807, 2.05) is 25.1 Å². The molecule has 10 heteroatoms. The molecule has 3 heterocycles. The highest BCUT2D eigenvalue weighted by atomic mass is 32.2. The Kier molecular flexibility index (Phi) is 4.79. The predicted octanol–water partition coefficient (Wildman–Crippen LogP) is 1.72. The summed E-state index contributed by atoms with van der Waals surface area (Å²) in [5.41, 5.74) is 1.80. The van der Waals surface area contributed by atoms with E-state index < -0.39 is 6.10 Å². The zero-order chi connectivity index (χ0) is 19.1. The van der Waals surface area contributed by atoms with Gasteiger partial charge in [-0.15, -0.1) is 16.9 Å². The molecule has 8 nitrogen and oxygen atoms in total. The fourth-order valence-electron chi connectivity index (χ4n) is 3.10. The van der Waals surface area contributed by atoms with Gasteiger partial charge in [0.05, 0.1) is 10.3 Å². The smallest absolute Gasteiger partial charge is 0.260 e. The summed E-state index contributed by atoms with van der Waals surface area (Å²) in [6.07, 6.45) is -0.553. The van der Waals surface area contributed by atoms with Crippen LogP contribution < -0.4 is 0 Å². The monoisotopic (exact) mass is 403 g/mol. The number of methoxy groups -OCH3 is 1. The number of tetrazole rings is 1. The number of hydrogen-bond acceptors (Lipinski definition) is 8. The summed E-state index contributed by atoms with van der Waals surface area (Å²) in [7, 11) is 3.28. The number of fused-ring (bicyclic) bond motifs is 1. The number of thioether (sulfide) groups is 2. The number of Topliss-reactive ketones (excluding diaryl/α,β-unsaturated/α-hetero) is 1. The second kappa shape index (κ2) is 7.10. The average Bonchev–Trinajstić information content (AvgIpc) is 3.08. The molecule has 0 bridgehead atoms. The van der Waals surface area contributed by atoms with E-state index in [2.05, 4.69) is 15.5 Å². The molecule has 1 aromatic heterocycles. The zero-order valence-electron chi connectivity index (χ0n) is 14.9. The third-order valence-corrected chi connectivity index (χ3v) is 7.61. The van der Waals surface area contributed by atoms with Crippen molar-refractivity contribution in [1.29, 1.82) is 0 Å². The molecule has 2 aromatic rings. The first-order valence-corrected chi connectivity index (χ1v) is 10.1. The fraction of sp³-hybridized carbons (Fsp3) is 0.353. The van der Waals surface area contributed by atoms with Crippen LogP contribution in [0.25, 0.3) is 0 Å². The Labute approximate surface area is 164 Å². The Bertz CT molecular complexity index is 930. The Morgan fingerprint density at radius 1 is 1.30 bits per heavy atom. The molecule has 0 aliphatic carbocycles. The lowest BCUT2D eigenvalue weighted by Gasteiger charge is -2.50. The lowest BCUT2D eigenvalue weighted by molar-refractivity contribution is -0.158. The summed E-state index contributed by atoms with van der Waals surface area (Å²) in [5, 5.41) is 11.9. The number of carbonyl (C=O) groups is 2. The van der Waals surface area contributed by atoms with E-state index in [1.54, 1.807) is 40.5 Å². The number of ketones is 1. The Morgan fingerprint density at radius 3 is 2.67 bits per heavy atom. The van der Waals surface area contributed by atoms with Gasteiger partial charge in [0, 0.05) is 19.7 Å². The van der Waals surface area contributed by atoms with Crippen LogP contribution in [-0.4, -0.2) is 60.0 Å². The molecule has 0 spiro atoms. The fourth-order valence-corrected chi connectivity index (χ4v) is 5.95. The van der Waals surface area contributed by atoms with Gasteiger partial charge in [0.1, 0.15) is 5.37 Å². The largest absolute Gasteiger partial charge is 0.368 e. The molecule has 1 unspecified atom stereocenters. The van der Waals surface area contributed by atoms with E-state index in [1.165, 1.54) is 18.9 Å². The highest BCUT2D eigenvalue weighted by molar-refractivity contribution is 8.17. The minimum Gasteiger partial charge on any atom is -0.368 e. The van der Waals surface area contributed by atoms with Gasteiger partial charge in [-0.1, -0.05) is 42.1 Å². The number of rotatable bonds is 5. The number of β-lactam (4-membered cyclic amide) rings is 1. The van der Waals surface area contributed by atoms with Gasteiger partial charge in [0.15, 0.2) is 6.10 Å². The van der Waals surface area contributed by atoms with E-state index in [4.69, 9.17) is 4.74 Å². The maximum atomic E-state index is 13.2. The highest BCUT2D eigenvalue weighted by Gasteiger charge is 2.55. The molecular weight excluding hydrogens is 386 g/mol. The van der Waals surface area contributed by atoms with Crippen LogP contribution in [0.2, 0.25) is 0 Å². The van der Waals surface area contributed by atoms with Crippen molar-refractivity contribution in [3.63, 3.8) is 0 Å². The van der Waals surface area contributed by atoms with Crippen LogP contribution in [0.15, 0.2) is 46.8 Å². The Morgan fingerprint density at radius 2 is 2.04 bits per heavy atom. The summed E-state index contributed by atoms with van der Waals surface area (Å²) < 4.78 is 6.82. The van der Waals surface area contributed by atoms with Crippen LogP contribution >= 0.6 is 23.5 Å². The maximum Gasteiger partial charge on any atom is 0.260 e. The summed E-state index contributed by atoms with van der Waals surface area (Å²) in [5.74, 6) is -0.347. The number of ether oxygens (including phenoxy) is 1. The van der Waals surface area contributed by atoms with Crippen molar-refractivity contribution in [2.75, 3.05) is 7.11 Å². The molecule has 2 aliphatic heterocycles. The van der Waals surface area contributed by atoms with E-state index in [-0.39, 0.29) is 21.6 Å². The first-order valence-electron chi connectivity index (χ1n) is 8.23. The maximum absolute atomic E-state index is 13.2. The predicted molar refractivity (Wildman–Crippen MR) is 101 cm³/mol. The molecule has 1 aromatic carbocycles. The van der Waals surface area contributed by atoms with Gasteiger partial charge in [-0.3, -0.25) is 14.5 Å². The zero-order valence-corrected chi connectivity index (χ0v) is 16.5. The molecule has 2 aliphatic rings. The van der Waals surface area contributed by atoms with Crippen molar-refractivity contribution in [1.82, 2.24) is 25.1 Å². The quantitative estimate of drug-likeness (QED) is 0.551. The van der Waals surface area contributed by atoms with E-state index in [9.17, 15) is 9.59 Å². The first kappa shape index (κ1) is 18.2. The number of carbonyl (C=O) groups excluding carboxylic acids is 2. The summed E-state index contributed by atoms with van der Waals surface area (Å²) in [6.45, 7) is 1.88. The molecule has 0 radical (unpaired) electrons. The van der Waals surface area contributed by atoms with Gasteiger partial charge in [-0.05, 0) is 22.9 Å². The molecule has 1 fully saturated rings. The number of allylic oxidation sites excluding steroid dienone is 1. The van der Waals surface area contributed by atoms with Crippen molar-refractivity contribution in [3.8, 4) is 0 Å². The average molecular weight is 403 g/mol. The van der Waals surface area contributed by atoms with Crippen LogP contribution in [0.5, 0.6) is 0 Å². The third-order valence-electron chi connectivity index (χ3n) is 4.52. The molecule has 3 atom stereocenters. The lowest BCUT2D eigenvalue weighted by atomic mass is 9.99. The molecule has 1 saturated heterocycles. The summed E-state index contributed by atoms with van der Waals surface area (Å²) in [6, 6.07) is 8.99. The van der Waals surface area contributed by atoms with Crippen LogP contribution in [-0.2, 0) is 16.6 Å². The second-order valence-corrected chi connectivity index (χ2v) is 8.75. The minimum absolute atomic E-state index is 0.107. The molecule has 27 heavy (non-hydrogen) atoms. The van der Waals surface area contributed by atoms with Gasteiger partial charge >= 0.3 is 0 Å². The van der Waals surface area contributed by atoms with E-state index in [0.29, 0.717) is 16.4 Å². The highest BCUT2D eigenvalue weighted by Crippen LogP contribution is 2.50. The minimum atomic E-state index is -0.553. The van der Waals surface area contributed by atoms with Gasteiger partial charge in [0.2, 0.25) is 10.9 Å². The van der Waals surface area contributed by atoms with Gasteiger partial charge < -0.3 is 4.74 Å². The third kappa shape index (κ3) is 2.97. The van der Waals surface area contributed by atoms with Crippen LogP contribution in [0.4, 0.5) is 0 Å². The lowest BCUT2D eigenvalue weighted by Crippen LogP contribution is -2.66. The topological polar surface area (TPSA) is 90.2 Å². The number of benzene rings is 1. The van der Waals surface area contributed by atoms with Crippen LogP contribution in [0.1, 0.15) is 17.3 Å². The van der Waals surface area contributed by atoms with Crippen molar-refractivity contribution >= 4 is 35.2 Å². The van der Waals surface area contributed by atoms with Crippen molar-refractivity contribution in [3.05, 3.63) is 47.2 Å². The van der Waals surface area contributed by atoms with E-state index >= 15 is 0 Å². The molecule has 1 amide bonds. The molecule has 140 valence electrons. The number of aryl methyl sites for hydroxylation is 1. The molecule has 0 saturated carbocycles. The number of amides is 1. The SMILES string of the molecule is CO[C@H]1C(=O)N2C(C(=O)c3ccccc3)=C(C)C(Sc3nnnn3C)S[C@H]12. The summed E-state index contributed by atoms with van der Waals surface area (Å²) >= 11 is 3.04. The van der Waals surface area contributed by atoms with Gasteiger partial charge in [-0.2, -0.15) is 0 Å². The molecular formula is C17H17N5O3S2. The number of aromatic nitrogens is 4. The first-order chi connectivity index (χ1) is 13.0. The normalized spacial score (nSPS) is 24.6. The Balaban J connectivity index is 1.74. The Hall–Kier alpha value is -2.17.